The molecule has 8 nitrogen and oxygen atoms in total. The first-order valence-electron chi connectivity index (χ1n) is 10.2. The molecule has 1 aliphatic rings. The normalized spacial score (nSPS) is 15.7. The zero-order valence-corrected chi connectivity index (χ0v) is 18.5. The van der Waals surface area contributed by atoms with E-state index in [9.17, 15) is 9.59 Å². The fraction of sp³-hybridized carbons (Fsp3) is 0.292. The second-order valence-electron chi connectivity index (χ2n) is 7.61. The standard InChI is InChI=1S/C24H25N3O5/c1-14-7-8-18(17-6-5-9-25-22(14)17)26-24(29)15-10-21(28)27(13-15)16-11-19(30-2)23(32-4)20(12-16)31-3/h5-9,11-12,15H,10,13H2,1-4H3,(H,26,29). The van der Waals surface area contributed by atoms with Gasteiger partial charge in [-0.2, -0.15) is 0 Å². The minimum absolute atomic E-state index is 0.116. The van der Waals surface area contributed by atoms with Crippen LogP contribution in [0, 0.1) is 12.8 Å². The van der Waals surface area contributed by atoms with E-state index in [1.807, 2.05) is 31.2 Å². The van der Waals surface area contributed by atoms with Crippen molar-refractivity contribution < 1.29 is 23.8 Å². The van der Waals surface area contributed by atoms with E-state index >= 15 is 0 Å². The smallest absolute Gasteiger partial charge is 0.229 e. The Hall–Kier alpha value is -3.81. The van der Waals surface area contributed by atoms with E-state index < -0.39 is 5.92 Å². The molecule has 1 aromatic heterocycles. The lowest BCUT2D eigenvalue weighted by Crippen LogP contribution is -2.28. The number of nitrogens with zero attached hydrogens (tertiary/aromatic N) is 2. The van der Waals surface area contributed by atoms with Crippen LogP contribution in [0.15, 0.2) is 42.6 Å². The first kappa shape index (κ1) is 21.4. The average molecular weight is 435 g/mol. The number of rotatable bonds is 6. The van der Waals surface area contributed by atoms with Gasteiger partial charge in [-0.25, -0.2) is 0 Å². The van der Waals surface area contributed by atoms with Gasteiger partial charge in [-0.3, -0.25) is 14.6 Å². The molecule has 2 amide bonds. The molecule has 3 aromatic rings. The van der Waals surface area contributed by atoms with Crippen LogP contribution >= 0.6 is 0 Å². The molecule has 2 heterocycles. The molecule has 2 aromatic carbocycles. The minimum atomic E-state index is -0.491. The number of aromatic nitrogens is 1. The van der Waals surface area contributed by atoms with E-state index in [2.05, 4.69) is 10.3 Å². The molecule has 0 bridgehead atoms. The minimum Gasteiger partial charge on any atom is -0.493 e. The maximum atomic E-state index is 13.0. The summed E-state index contributed by atoms with van der Waals surface area (Å²) in [5.41, 5.74) is 3.14. The van der Waals surface area contributed by atoms with Crippen LogP contribution in [0.4, 0.5) is 11.4 Å². The maximum Gasteiger partial charge on any atom is 0.229 e. The summed E-state index contributed by atoms with van der Waals surface area (Å²) >= 11 is 0. The molecule has 0 saturated carbocycles. The van der Waals surface area contributed by atoms with Crippen molar-refractivity contribution in [1.82, 2.24) is 4.98 Å². The number of carbonyl (C=O) groups is 2. The van der Waals surface area contributed by atoms with E-state index in [1.54, 1.807) is 23.2 Å². The Morgan fingerprint density at radius 1 is 1.09 bits per heavy atom. The van der Waals surface area contributed by atoms with Crippen molar-refractivity contribution in [3.63, 3.8) is 0 Å². The van der Waals surface area contributed by atoms with Crippen LogP contribution in [0.1, 0.15) is 12.0 Å². The highest BCUT2D eigenvalue weighted by molar-refractivity contribution is 6.07. The van der Waals surface area contributed by atoms with Gasteiger partial charge in [-0.05, 0) is 30.7 Å². The number of amides is 2. The molecule has 0 aliphatic carbocycles. The molecular formula is C24H25N3O5. The first-order valence-corrected chi connectivity index (χ1v) is 10.2. The van der Waals surface area contributed by atoms with Gasteiger partial charge in [-0.1, -0.05) is 6.07 Å². The molecule has 0 spiro atoms. The van der Waals surface area contributed by atoms with Crippen molar-refractivity contribution in [2.24, 2.45) is 5.92 Å². The summed E-state index contributed by atoms with van der Waals surface area (Å²) < 4.78 is 16.1. The summed E-state index contributed by atoms with van der Waals surface area (Å²) in [6.07, 6.45) is 1.84. The summed E-state index contributed by atoms with van der Waals surface area (Å²) in [6.45, 7) is 2.23. The van der Waals surface area contributed by atoms with Gasteiger partial charge in [-0.15, -0.1) is 0 Å². The number of carbonyl (C=O) groups excluding carboxylic acids is 2. The maximum absolute atomic E-state index is 13.0. The van der Waals surface area contributed by atoms with Crippen LogP contribution < -0.4 is 24.4 Å². The molecular weight excluding hydrogens is 410 g/mol. The van der Waals surface area contributed by atoms with Crippen LogP contribution in [0.3, 0.4) is 0 Å². The zero-order chi connectivity index (χ0) is 22.8. The molecule has 1 aliphatic heterocycles. The van der Waals surface area contributed by atoms with E-state index in [-0.39, 0.29) is 24.8 Å². The van der Waals surface area contributed by atoms with Crippen molar-refractivity contribution in [2.75, 3.05) is 38.1 Å². The van der Waals surface area contributed by atoms with Gasteiger partial charge in [0.05, 0.1) is 44.1 Å². The SMILES string of the molecule is COc1cc(N2CC(C(=O)Nc3ccc(C)c4ncccc34)CC2=O)cc(OC)c1OC. The second kappa shape index (κ2) is 8.74. The fourth-order valence-electron chi connectivity index (χ4n) is 4.01. The number of nitrogens with one attached hydrogen (secondary N) is 1. The Balaban J connectivity index is 1.57. The van der Waals surface area contributed by atoms with Gasteiger partial charge < -0.3 is 24.4 Å². The Bertz CT molecular complexity index is 1170. The zero-order valence-electron chi connectivity index (χ0n) is 18.5. The van der Waals surface area contributed by atoms with Gasteiger partial charge in [0.25, 0.3) is 0 Å². The Morgan fingerprint density at radius 3 is 2.47 bits per heavy atom. The molecule has 166 valence electrons. The van der Waals surface area contributed by atoms with E-state index in [0.29, 0.717) is 28.6 Å². The number of aryl methyl sites for hydroxylation is 1. The number of hydrogen-bond donors (Lipinski definition) is 1. The summed E-state index contributed by atoms with van der Waals surface area (Å²) in [5.74, 6) is 0.494. The van der Waals surface area contributed by atoms with Gasteiger partial charge >= 0.3 is 0 Å². The van der Waals surface area contributed by atoms with Gasteiger partial charge in [0, 0.05) is 36.7 Å². The number of benzene rings is 2. The van der Waals surface area contributed by atoms with Crippen LogP contribution in [0.5, 0.6) is 17.2 Å². The van der Waals surface area contributed by atoms with Crippen molar-refractivity contribution in [2.45, 2.75) is 13.3 Å². The average Bonchev–Trinajstić information content (AvgIpc) is 3.21. The molecule has 1 N–H and O–H groups in total. The Labute approximate surface area is 186 Å². The third-order valence-electron chi connectivity index (χ3n) is 5.69. The van der Waals surface area contributed by atoms with E-state index in [1.165, 1.54) is 21.3 Å². The molecule has 8 heteroatoms. The molecule has 1 unspecified atom stereocenters. The third kappa shape index (κ3) is 3.79. The summed E-state index contributed by atoms with van der Waals surface area (Å²) in [4.78, 5) is 31.8. The van der Waals surface area contributed by atoms with Crippen LogP contribution in [-0.2, 0) is 9.59 Å². The highest BCUT2D eigenvalue weighted by Gasteiger charge is 2.36. The highest BCUT2D eigenvalue weighted by Crippen LogP contribution is 2.42. The largest absolute Gasteiger partial charge is 0.493 e. The van der Waals surface area contributed by atoms with Crippen molar-refractivity contribution in [1.29, 1.82) is 0 Å². The molecule has 32 heavy (non-hydrogen) atoms. The van der Waals surface area contributed by atoms with Gasteiger partial charge in [0.2, 0.25) is 17.6 Å². The monoisotopic (exact) mass is 435 g/mol. The lowest BCUT2D eigenvalue weighted by molar-refractivity contribution is -0.122. The second-order valence-corrected chi connectivity index (χ2v) is 7.61. The van der Waals surface area contributed by atoms with Crippen molar-refractivity contribution >= 4 is 34.1 Å². The fourth-order valence-corrected chi connectivity index (χ4v) is 4.01. The molecule has 1 saturated heterocycles. The quantitative estimate of drug-likeness (QED) is 0.637. The van der Waals surface area contributed by atoms with Crippen LogP contribution in [0.25, 0.3) is 10.9 Å². The molecule has 1 fully saturated rings. The summed E-state index contributed by atoms with van der Waals surface area (Å²) in [7, 11) is 4.56. The Kier molecular flexibility index (Phi) is 5.85. The number of ether oxygens (including phenoxy) is 3. The first-order chi connectivity index (χ1) is 15.5. The molecule has 4 rings (SSSR count). The van der Waals surface area contributed by atoms with E-state index in [0.717, 1.165) is 16.5 Å². The predicted molar refractivity (Wildman–Crippen MR) is 122 cm³/mol. The molecule has 0 radical (unpaired) electrons. The van der Waals surface area contributed by atoms with Gasteiger partial charge in [0.15, 0.2) is 11.5 Å². The van der Waals surface area contributed by atoms with Crippen LogP contribution in [-0.4, -0.2) is 44.7 Å². The highest BCUT2D eigenvalue weighted by atomic mass is 16.5. The van der Waals surface area contributed by atoms with E-state index in [4.69, 9.17) is 14.2 Å². The van der Waals surface area contributed by atoms with Gasteiger partial charge in [0.1, 0.15) is 0 Å². The number of pyridine rings is 1. The predicted octanol–water partition coefficient (Wildman–Crippen LogP) is 3.56. The summed E-state index contributed by atoms with van der Waals surface area (Å²) in [5, 5.41) is 3.85. The van der Waals surface area contributed by atoms with Crippen LogP contribution in [0.2, 0.25) is 0 Å². The number of anilines is 2. The number of hydrogen-bond acceptors (Lipinski definition) is 6. The Morgan fingerprint density at radius 2 is 1.81 bits per heavy atom. The van der Waals surface area contributed by atoms with Crippen molar-refractivity contribution in [3.05, 3.63) is 48.2 Å². The number of fused-ring (bicyclic) bond motifs is 1. The molecule has 1 atom stereocenters. The number of methoxy groups -OCH3 is 3. The summed E-state index contributed by atoms with van der Waals surface area (Å²) in [6, 6.07) is 11.0. The van der Waals surface area contributed by atoms with Crippen molar-refractivity contribution in [3.8, 4) is 17.2 Å². The lowest BCUT2D eigenvalue weighted by Gasteiger charge is -2.20. The lowest BCUT2D eigenvalue weighted by atomic mass is 10.1. The third-order valence-corrected chi connectivity index (χ3v) is 5.69. The topological polar surface area (TPSA) is 90.0 Å².